The number of rotatable bonds is 6. The van der Waals surface area contributed by atoms with Gasteiger partial charge in [0.25, 0.3) is 10.0 Å². The summed E-state index contributed by atoms with van der Waals surface area (Å²) in [6.45, 7) is 3.63. The average molecular weight is 383 g/mol. The molecule has 0 aliphatic carbocycles. The molecule has 0 saturated heterocycles. The fourth-order valence-corrected chi connectivity index (χ4v) is 3.96. The van der Waals surface area contributed by atoms with Crippen molar-refractivity contribution in [3.63, 3.8) is 0 Å². The van der Waals surface area contributed by atoms with Crippen LogP contribution in [0.4, 0.5) is 17.2 Å². The van der Waals surface area contributed by atoms with Crippen molar-refractivity contribution in [3.05, 3.63) is 71.9 Å². The SMILES string of the molecule is COc1cccc(Nc2ccc(NS(=O)(=O)c3cc(C)ccc3C)cn2)c1. The molecule has 6 nitrogen and oxygen atoms in total. The van der Waals surface area contributed by atoms with E-state index >= 15 is 0 Å². The molecular weight excluding hydrogens is 362 g/mol. The minimum atomic E-state index is -3.67. The second-order valence-corrected chi connectivity index (χ2v) is 7.81. The lowest BCUT2D eigenvalue weighted by atomic mass is 10.2. The molecular formula is C20H21N3O3S. The van der Waals surface area contributed by atoms with Gasteiger partial charge in [0.1, 0.15) is 11.6 Å². The van der Waals surface area contributed by atoms with Crippen LogP contribution < -0.4 is 14.8 Å². The van der Waals surface area contributed by atoms with Crippen molar-refractivity contribution >= 4 is 27.2 Å². The van der Waals surface area contributed by atoms with Gasteiger partial charge in [-0.3, -0.25) is 4.72 Å². The lowest BCUT2D eigenvalue weighted by Gasteiger charge is -2.12. The molecule has 0 fully saturated rings. The van der Waals surface area contributed by atoms with E-state index in [1.807, 2.05) is 37.3 Å². The van der Waals surface area contributed by atoms with Crippen LogP contribution in [-0.4, -0.2) is 20.5 Å². The van der Waals surface area contributed by atoms with Crippen LogP contribution in [-0.2, 0) is 10.0 Å². The first-order valence-corrected chi connectivity index (χ1v) is 9.83. The van der Waals surface area contributed by atoms with Crippen molar-refractivity contribution in [2.45, 2.75) is 18.7 Å². The Morgan fingerprint density at radius 2 is 1.78 bits per heavy atom. The highest BCUT2D eigenvalue weighted by Gasteiger charge is 2.17. The molecule has 2 aromatic carbocycles. The predicted molar refractivity (Wildman–Crippen MR) is 107 cm³/mol. The van der Waals surface area contributed by atoms with Gasteiger partial charge >= 0.3 is 0 Å². The van der Waals surface area contributed by atoms with Gasteiger partial charge in [0.15, 0.2) is 0 Å². The lowest BCUT2D eigenvalue weighted by Crippen LogP contribution is -2.14. The Morgan fingerprint density at radius 3 is 2.48 bits per heavy atom. The molecule has 27 heavy (non-hydrogen) atoms. The zero-order valence-electron chi connectivity index (χ0n) is 15.4. The van der Waals surface area contributed by atoms with E-state index in [0.29, 0.717) is 17.1 Å². The number of hydrogen-bond acceptors (Lipinski definition) is 5. The zero-order valence-corrected chi connectivity index (χ0v) is 16.2. The number of nitrogens with one attached hydrogen (secondary N) is 2. The second kappa shape index (κ2) is 7.67. The molecule has 7 heteroatoms. The molecule has 0 spiro atoms. The number of methoxy groups -OCH3 is 1. The van der Waals surface area contributed by atoms with E-state index in [1.54, 1.807) is 38.3 Å². The standard InChI is InChI=1S/C20H21N3O3S/c1-14-7-8-15(2)19(11-14)27(24,25)23-17-9-10-20(21-13-17)22-16-5-4-6-18(12-16)26-3/h4-13,23H,1-3H3,(H,21,22). The van der Waals surface area contributed by atoms with Gasteiger partial charge in [0.05, 0.1) is 23.9 Å². The molecule has 1 heterocycles. The normalized spacial score (nSPS) is 11.1. The van der Waals surface area contributed by atoms with Crippen molar-refractivity contribution in [1.82, 2.24) is 4.98 Å². The van der Waals surface area contributed by atoms with Crippen LogP contribution in [0.1, 0.15) is 11.1 Å². The molecule has 140 valence electrons. The number of hydrogen-bond donors (Lipinski definition) is 2. The quantitative estimate of drug-likeness (QED) is 0.665. The average Bonchev–Trinajstić information content (AvgIpc) is 2.65. The van der Waals surface area contributed by atoms with E-state index in [4.69, 9.17) is 4.74 Å². The van der Waals surface area contributed by atoms with E-state index < -0.39 is 10.0 Å². The van der Waals surface area contributed by atoms with E-state index in [2.05, 4.69) is 15.0 Å². The Hall–Kier alpha value is -3.06. The number of aryl methyl sites for hydroxylation is 2. The Bertz CT molecular complexity index is 1050. The number of anilines is 3. The first kappa shape index (κ1) is 18.7. The molecule has 2 N–H and O–H groups in total. The Kier molecular flexibility index (Phi) is 5.32. The lowest BCUT2D eigenvalue weighted by molar-refractivity contribution is 0.415. The van der Waals surface area contributed by atoms with Crippen LogP contribution >= 0.6 is 0 Å². The van der Waals surface area contributed by atoms with Crippen molar-refractivity contribution in [1.29, 1.82) is 0 Å². The Balaban J connectivity index is 1.76. The van der Waals surface area contributed by atoms with E-state index in [9.17, 15) is 8.42 Å². The molecule has 1 aromatic heterocycles. The van der Waals surface area contributed by atoms with E-state index in [1.165, 1.54) is 6.20 Å². The molecule has 0 atom stereocenters. The van der Waals surface area contributed by atoms with E-state index in [0.717, 1.165) is 17.0 Å². The van der Waals surface area contributed by atoms with Crippen LogP contribution in [0.25, 0.3) is 0 Å². The summed E-state index contributed by atoms with van der Waals surface area (Å²) in [4.78, 5) is 4.53. The highest BCUT2D eigenvalue weighted by Crippen LogP contribution is 2.23. The van der Waals surface area contributed by atoms with Crippen molar-refractivity contribution in [2.75, 3.05) is 17.1 Å². The number of nitrogens with zero attached hydrogens (tertiary/aromatic N) is 1. The van der Waals surface area contributed by atoms with Crippen LogP contribution in [0.2, 0.25) is 0 Å². The summed E-state index contributed by atoms with van der Waals surface area (Å²) in [6, 6.07) is 16.2. The molecule has 0 radical (unpaired) electrons. The molecule has 0 aliphatic rings. The Labute approximate surface area is 159 Å². The number of ether oxygens (including phenoxy) is 1. The fraction of sp³-hybridized carbons (Fsp3) is 0.150. The predicted octanol–water partition coefficient (Wildman–Crippen LogP) is 4.25. The first-order valence-electron chi connectivity index (χ1n) is 8.34. The molecule has 0 unspecified atom stereocenters. The molecule has 0 saturated carbocycles. The summed E-state index contributed by atoms with van der Waals surface area (Å²) in [5.41, 5.74) is 2.80. The van der Waals surface area contributed by atoms with Crippen LogP contribution in [0, 0.1) is 13.8 Å². The summed E-state index contributed by atoms with van der Waals surface area (Å²) < 4.78 is 33.1. The van der Waals surface area contributed by atoms with Gasteiger partial charge in [-0.1, -0.05) is 18.2 Å². The van der Waals surface area contributed by atoms with Crippen molar-refractivity contribution in [2.24, 2.45) is 0 Å². The summed E-state index contributed by atoms with van der Waals surface area (Å²) in [6.07, 6.45) is 1.48. The van der Waals surface area contributed by atoms with Gasteiger partial charge < -0.3 is 10.1 Å². The minimum Gasteiger partial charge on any atom is -0.497 e. The molecule has 3 rings (SSSR count). The highest BCUT2D eigenvalue weighted by molar-refractivity contribution is 7.92. The van der Waals surface area contributed by atoms with Gasteiger partial charge in [-0.25, -0.2) is 13.4 Å². The molecule has 0 bridgehead atoms. The maximum Gasteiger partial charge on any atom is 0.262 e. The molecule has 0 amide bonds. The maximum absolute atomic E-state index is 12.7. The minimum absolute atomic E-state index is 0.265. The fourth-order valence-electron chi connectivity index (χ4n) is 2.58. The smallest absolute Gasteiger partial charge is 0.262 e. The van der Waals surface area contributed by atoms with Crippen LogP contribution in [0.15, 0.2) is 65.7 Å². The third-order valence-corrected chi connectivity index (χ3v) is 5.51. The highest BCUT2D eigenvalue weighted by atomic mass is 32.2. The number of pyridine rings is 1. The van der Waals surface area contributed by atoms with Gasteiger partial charge in [0.2, 0.25) is 0 Å². The van der Waals surface area contributed by atoms with Gasteiger partial charge in [-0.05, 0) is 55.3 Å². The third-order valence-electron chi connectivity index (χ3n) is 3.99. The third kappa shape index (κ3) is 4.57. The van der Waals surface area contributed by atoms with Gasteiger partial charge in [-0.15, -0.1) is 0 Å². The molecule has 3 aromatic rings. The van der Waals surface area contributed by atoms with Crippen molar-refractivity contribution < 1.29 is 13.2 Å². The van der Waals surface area contributed by atoms with Crippen LogP contribution in [0.3, 0.4) is 0 Å². The van der Waals surface area contributed by atoms with Crippen LogP contribution in [0.5, 0.6) is 5.75 Å². The summed E-state index contributed by atoms with van der Waals surface area (Å²) in [7, 11) is -2.07. The maximum atomic E-state index is 12.7. The summed E-state index contributed by atoms with van der Waals surface area (Å²) in [5, 5.41) is 3.15. The van der Waals surface area contributed by atoms with Gasteiger partial charge in [0, 0.05) is 11.8 Å². The number of sulfonamides is 1. The van der Waals surface area contributed by atoms with Crippen molar-refractivity contribution in [3.8, 4) is 5.75 Å². The monoisotopic (exact) mass is 383 g/mol. The largest absolute Gasteiger partial charge is 0.497 e. The summed E-state index contributed by atoms with van der Waals surface area (Å²) >= 11 is 0. The zero-order chi connectivity index (χ0) is 19.4. The summed E-state index contributed by atoms with van der Waals surface area (Å²) in [5.74, 6) is 1.33. The second-order valence-electron chi connectivity index (χ2n) is 6.16. The topological polar surface area (TPSA) is 80.3 Å². The number of benzene rings is 2. The molecule has 0 aliphatic heterocycles. The number of aromatic nitrogens is 1. The Morgan fingerprint density at radius 1 is 0.963 bits per heavy atom. The first-order chi connectivity index (χ1) is 12.9. The van der Waals surface area contributed by atoms with Gasteiger partial charge in [-0.2, -0.15) is 0 Å². The van der Waals surface area contributed by atoms with E-state index in [-0.39, 0.29) is 4.90 Å².